The van der Waals surface area contributed by atoms with Crippen molar-refractivity contribution in [3.63, 3.8) is 0 Å². The minimum Gasteiger partial charge on any atom is -0.479 e. The molecule has 0 bridgehead atoms. The summed E-state index contributed by atoms with van der Waals surface area (Å²) in [6.07, 6.45) is 0. The predicted molar refractivity (Wildman–Crippen MR) is 76.2 cm³/mol. The molecule has 4 nitrogen and oxygen atoms in total. The van der Waals surface area contributed by atoms with Crippen molar-refractivity contribution in [2.75, 3.05) is 6.61 Å². The fourth-order valence-corrected chi connectivity index (χ4v) is 1.92. The SMILES string of the molecule is Cc1ccc(CNC(C)c2ccc(OCC#N)cc2)o1. The second-order valence-corrected chi connectivity index (χ2v) is 4.63. The molecule has 1 N–H and O–H groups in total. The number of benzene rings is 1. The van der Waals surface area contributed by atoms with Crippen LogP contribution in [0.1, 0.15) is 30.0 Å². The van der Waals surface area contributed by atoms with Gasteiger partial charge < -0.3 is 14.5 Å². The zero-order valence-electron chi connectivity index (χ0n) is 11.7. The largest absolute Gasteiger partial charge is 0.479 e. The summed E-state index contributed by atoms with van der Waals surface area (Å²) < 4.78 is 10.7. The van der Waals surface area contributed by atoms with E-state index in [1.807, 2.05) is 49.4 Å². The van der Waals surface area contributed by atoms with Gasteiger partial charge in [0.05, 0.1) is 6.54 Å². The van der Waals surface area contributed by atoms with E-state index < -0.39 is 0 Å². The van der Waals surface area contributed by atoms with Crippen LogP contribution in [0.15, 0.2) is 40.8 Å². The van der Waals surface area contributed by atoms with Crippen LogP contribution < -0.4 is 10.1 Å². The molecule has 0 radical (unpaired) electrons. The van der Waals surface area contributed by atoms with Gasteiger partial charge in [-0.15, -0.1) is 0 Å². The lowest BCUT2D eigenvalue weighted by Crippen LogP contribution is -2.17. The van der Waals surface area contributed by atoms with Crippen LogP contribution in [0.3, 0.4) is 0 Å². The lowest BCUT2D eigenvalue weighted by atomic mass is 10.1. The van der Waals surface area contributed by atoms with Gasteiger partial charge >= 0.3 is 0 Å². The van der Waals surface area contributed by atoms with Crippen LogP contribution in [0, 0.1) is 18.3 Å². The van der Waals surface area contributed by atoms with E-state index in [9.17, 15) is 0 Å². The standard InChI is InChI=1S/C16H18N2O2/c1-12-3-6-16(20-12)11-18-13(2)14-4-7-15(8-5-14)19-10-9-17/h3-8,13,18H,10-11H2,1-2H3. The normalized spacial score (nSPS) is 11.8. The Labute approximate surface area is 119 Å². The summed E-state index contributed by atoms with van der Waals surface area (Å²) >= 11 is 0. The summed E-state index contributed by atoms with van der Waals surface area (Å²) in [4.78, 5) is 0. The molecule has 0 spiro atoms. The van der Waals surface area contributed by atoms with Gasteiger partial charge in [-0.3, -0.25) is 0 Å². The smallest absolute Gasteiger partial charge is 0.174 e. The third kappa shape index (κ3) is 3.87. The lowest BCUT2D eigenvalue weighted by molar-refractivity contribution is 0.368. The Bertz CT molecular complexity index is 581. The van der Waals surface area contributed by atoms with Crippen LogP contribution in [0.2, 0.25) is 0 Å². The van der Waals surface area contributed by atoms with Gasteiger partial charge in [-0.05, 0) is 43.7 Å². The van der Waals surface area contributed by atoms with Gasteiger partial charge in [0.2, 0.25) is 0 Å². The van der Waals surface area contributed by atoms with Crippen molar-refractivity contribution in [2.24, 2.45) is 0 Å². The molecule has 0 saturated carbocycles. The molecule has 0 fully saturated rings. The highest BCUT2D eigenvalue weighted by Gasteiger charge is 2.06. The molecule has 0 aliphatic carbocycles. The van der Waals surface area contributed by atoms with E-state index >= 15 is 0 Å². The van der Waals surface area contributed by atoms with Gasteiger partial charge in [0.15, 0.2) is 6.61 Å². The van der Waals surface area contributed by atoms with Crippen LogP contribution in [-0.4, -0.2) is 6.61 Å². The number of nitriles is 1. The van der Waals surface area contributed by atoms with Crippen molar-refractivity contribution < 1.29 is 9.15 Å². The fraction of sp³-hybridized carbons (Fsp3) is 0.312. The molecule has 104 valence electrons. The zero-order valence-corrected chi connectivity index (χ0v) is 11.7. The summed E-state index contributed by atoms with van der Waals surface area (Å²) in [6, 6.07) is 13.9. The number of hydrogen-bond donors (Lipinski definition) is 1. The average Bonchev–Trinajstić information content (AvgIpc) is 2.89. The number of nitrogens with one attached hydrogen (secondary N) is 1. The Balaban J connectivity index is 1.88. The Morgan fingerprint density at radius 2 is 2.00 bits per heavy atom. The molecule has 1 heterocycles. The molecule has 2 rings (SSSR count). The van der Waals surface area contributed by atoms with E-state index in [0.29, 0.717) is 12.3 Å². The highest BCUT2D eigenvalue weighted by atomic mass is 16.5. The van der Waals surface area contributed by atoms with E-state index in [-0.39, 0.29) is 12.6 Å². The second-order valence-electron chi connectivity index (χ2n) is 4.63. The van der Waals surface area contributed by atoms with Crippen molar-refractivity contribution in [3.8, 4) is 11.8 Å². The Morgan fingerprint density at radius 1 is 1.25 bits per heavy atom. The first kappa shape index (κ1) is 14.2. The number of rotatable bonds is 6. The Kier molecular flexibility index (Phi) is 4.80. The van der Waals surface area contributed by atoms with Crippen molar-refractivity contribution in [3.05, 3.63) is 53.5 Å². The van der Waals surface area contributed by atoms with E-state index in [4.69, 9.17) is 14.4 Å². The average molecular weight is 270 g/mol. The topological polar surface area (TPSA) is 58.2 Å². The van der Waals surface area contributed by atoms with Crippen molar-refractivity contribution in [1.82, 2.24) is 5.32 Å². The van der Waals surface area contributed by atoms with Gasteiger partial charge in [0.1, 0.15) is 23.3 Å². The molecule has 1 atom stereocenters. The molecule has 0 aliphatic rings. The fourth-order valence-electron chi connectivity index (χ4n) is 1.92. The molecule has 0 amide bonds. The first-order valence-corrected chi connectivity index (χ1v) is 6.57. The molecule has 0 aliphatic heterocycles. The van der Waals surface area contributed by atoms with Gasteiger partial charge in [0.25, 0.3) is 0 Å². The molecule has 1 aromatic heterocycles. The highest BCUT2D eigenvalue weighted by molar-refractivity contribution is 5.29. The Morgan fingerprint density at radius 3 is 2.60 bits per heavy atom. The van der Waals surface area contributed by atoms with E-state index in [2.05, 4.69) is 12.2 Å². The molecule has 4 heteroatoms. The van der Waals surface area contributed by atoms with Crippen LogP contribution in [-0.2, 0) is 6.54 Å². The van der Waals surface area contributed by atoms with Gasteiger partial charge in [0, 0.05) is 6.04 Å². The van der Waals surface area contributed by atoms with Crippen LogP contribution in [0.25, 0.3) is 0 Å². The zero-order chi connectivity index (χ0) is 14.4. The van der Waals surface area contributed by atoms with Gasteiger partial charge in [-0.2, -0.15) is 5.26 Å². The predicted octanol–water partition coefficient (Wildman–Crippen LogP) is 3.34. The second kappa shape index (κ2) is 6.78. The monoisotopic (exact) mass is 270 g/mol. The van der Waals surface area contributed by atoms with Crippen LogP contribution >= 0.6 is 0 Å². The van der Waals surface area contributed by atoms with Gasteiger partial charge in [-0.25, -0.2) is 0 Å². The van der Waals surface area contributed by atoms with Crippen LogP contribution in [0.5, 0.6) is 5.75 Å². The van der Waals surface area contributed by atoms with E-state index in [1.54, 1.807) is 0 Å². The summed E-state index contributed by atoms with van der Waals surface area (Å²) in [6.45, 7) is 4.81. The minimum atomic E-state index is 0.0744. The maximum absolute atomic E-state index is 8.46. The molecule has 1 aromatic carbocycles. The number of furan rings is 1. The molecule has 20 heavy (non-hydrogen) atoms. The lowest BCUT2D eigenvalue weighted by Gasteiger charge is -2.13. The third-order valence-corrected chi connectivity index (χ3v) is 3.06. The van der Waals surface area contributed by atoms with Crippen molar-refractivity contribution in [1.29, 1.82) is 5.26 Å². The van der Waals surface area contributed by atoms with Crippen molar-refractivity contribution in [2.45, 2.75) is 26.4 Å². The molecule has 2 aromatic rings. The van der Waals surface area contributed by atoms with Crippen molar-refractivity contribution >= 4 is 0 Å². The number of ether oxygens (including phenoxy) is 1. The quantitative estimate of drug-likeness (QED) is 0.874. The Hall–Kier alpha value is -2.25. The maximum atomic E-state index is 8.46. The summed E-state index contributed by atoms with van der Waals surface area (Å²) in [7, 11) is 0. The maximum Gasteiger partial charge on any atom is 0.174 e. The molecule has 1 unspecified atom stereocenters. The minimum absolute atomic E-state index is 0.0744. The summed E-state index contributed by atoms with van der Waals surface area (Å²) in [5.74, 6) is 2.57. The molecule has 0 saturated heterocycles. The molecular formula is C16H18N2O2. The first-order valence-electron chi connectivity index (χ1n) is 6.57. The van der Waals surface area contributed by atoms with E-state index in [0.717, 1.165) is 17.1 Å². The first-order chi connectivity index (χ1) is 9.69. The van der Waals surface area contributed by atoms with Crippen LogP contribution in [0.4, 0.5) is 0 Å². The molecular weight excluding hydrogens is 252 g/mol. The number of nitrogens with zero attached hydrogens (tertiary/aromatic N) is 1. The summed E-state index contributed by atoms with van der Waals surface area (Å²) in [5, 5.41) is 11.9. The number of hydrogen-bond acceptors (Lipinski definition) is 4. The third-order valence-electron chi connectivity index (χ3n) is 3.06. The van der Waals surface area contributed by atoms with Gasteiger partial charge in [-0.1, -0.05) is 12.1 Å². The summed E-state index contributed by atoms with van der Waals surface area (Å²) in [5.41, 5.74) is 1.16. The number of aryl methyl sites for hydroxylation is 1. The highest BCUT2D eigenvalue weighted by Crippen LogP contribution is 2.18. The van der Waals surface area contributed by atoms with E-state index in [1.165, 1.54) is 0 Å².